The Morgan fingerprint density at radius 3 is 2.78 bits per heavy atom. The molecule has 23 heavy (non-hydrogen) atoms. The molecule has 0 aliphatic carbocycles. The van der Waals surface area contributed by atoms with Crippen molar-refractivity contribution < 1.29 is 4.79 Å². The van der Waals surface area contributed by atoms with Crippen LogP contribution in [-0.4, -0.2) is 29.9 Å². The molecule has 1 fully saturated rings. The van der Waals surface area contributed by atoms with Gasteiger partial charge in [-0.25, -0.2) is 0 Å². The Morgan fingerprint density at radius 2 is 2.09 bits per heavy atom. The first kappa shape index (κ1) is 16.2. The molecule has 1 saturated heterocycles. The van der Waals surface area contributed by atoms with Crippen LogP contribution in [0.1, 0.15) is 32.8 Å². The lowest BCUT2D eigenvalue weighted by Crippen LogP contribution is -2.49. The summed E-state index contributed by atoms with van der Waals surface area (Å²) in [4.78, 5) is 15.3. The lowest BCUT2D eigenvalue weighted by molar-refractivity contribution is 0.0654. The predicted molar refractivity (Wildman–Crippen MR) is 95.9 cm³/mol. The summed E-state index contributed by atoms with van der Waals surface area (Å²) in [6.45, 7) is 5.76. The fourth-order valence-corrected chi connectivity index (χ4v) is 4.07. The molecule has 2 unspecified atom stereocenters. The van der Waals surface area contributed by atoms with Crippen LogP contribution in [0.4, 0.5) is 0 Å². The summed E-state index contributed by atoms with van der Waals surface area (Å²) in [6, 6.07) is 10.5. The molecule has 0 saturated carbocycles. The van der Waals surface area contributed by atoms with E-state index in [9.17, 15) is 4.79 Å². The van der Waals surface area contributed by atoms with Crippen LogP contribution in [-0.2, 0) is 6.42 Å². The largest absolute Gasteiger partial charge is 0.336 e. The molecule has 1 amide bonds. The molecule has 3 nitrogen and oxygen atoms in total. The van der Waals surface area contributed by atoms with Crippen LogP contribution < -0.4 is 5.73 Å². The quantitative estimate of drug-likeness (QED) is 0.938. The van der Waals surface area contributed by atoms with E-state index in [-0.39, 0.29) is 11.9 Å². The minimum atomic E-state index is 0.0733. The molecule has 2 atom stereocenters. The van der Waals surface area contributed by atoms with Gasteiger partial charge in [0, 0.05) is 19.1 Å². The average molecular weight is 328 g/mol. The van der Waals surface area contributed by atoms with Crippen LogP contribution in [0.5, 0.6) is 0 Å². The molecule has 1 aromatic heterocycles. The third kappa shape index (κ3) is 3.82. The molecule has 4 heteroatoms. The van der Waals surface area contributed by atoms with E-state index in [2.05, 4.69) is 32.0 Å². The second-order valence-corrected chi connectivity index (χ2v) is 7.62. The summed E-state index contributed by atoms with van der Waals surface area (Å²) in [5.41, 5.74) is 10.2. The fraction of sp³-hybridized carbons (Fsp3) is 0.421. The maximum Gasteiger partial charge on any atom is 0.263 e. The normalized spacial score (nSPS) is 21.4. The summed E-state index contributed by atoms with van der Waals surface area (Å²) in [7, 11) is 0. The number of carbonyl (C=O) groups is 1. The van der Waals surface area contributed by atoms with Crippen LogP contribution in [0, 0.1) is 19.8 Å². The lowest BCUT2D eigenvalue weighted by atomic mass is 9.88. The Labute approximate surface area is 142 Å². The molecule has 0 bridgehead atoms. The monoisotopic (exact) mass is 328 g/mol. The highest BCUT2D eigenvalue weighted by atomic mass is 32.1. The van der Waals surface area contributed by atoms with Gasteiger partial charge < -0.3 is 10.6 Å². The number of piperidine rings is 1. The van der Waals surface area contributed by atoms with Crippen molar-refractivity contribution in [2.45, 2.75) is 32.7 Å². The Kier molecular flexibility index (Phi) is 4.83. The minimum Gasteiger partial charge on any atom is -0.336 e. The molecule has 1 aromatic carbocycles. The van der Waals surface area contributed by atoms with E-state index < -0.39 is 0 Å². The van der Waals surface area contributed by atoms with E-state index in [1.807, 2.05) is 22.4 Å². The van der Waals surface area contributed by atoms with E-state index >= 15 is 0 Å². The third-order valence-corrected chi connectivity index (χ3v) is 5.54. The number of thiophene rings is 1. The molecule has 3 rings (SSSR count). The Morgan fingerprint density at radius 1 is 1.26 bits per heavy atom. The number of hydrogen-bond donors (Lipinski definition) is 1. The number of nitrogens with two attached hydrogens (primary N) is 1. The fourth-order valence-electron chi connectivity index (χ4n) is 3.38. The zero-order valence-corrected chi connectivity index (χ0v) is 14.6. The molecule has 122 valence electrons. The van der Waals surface area contributed by atoms with Crippen molar-refractivity contribution in [2.24, 2.45) is 11.7 Å². The van der Waals surface area contributed by atoms with Crippen molar-refractivity contribution in [3.05, 3.63) is 57.3 Å². The minimum absolute atomic E-state index is 0.0733. The van der Waals surface area contributed by atoms with Crippen molar-refractivity contribution in [3.63, 3.8) is 0 Å². The van der Waals surface area contributed by atoms with Crippen LogP contribution in [0.25, 0.3) is 0 Å². The summed E-state index contributed by atoms with van der Waals surface area (Å²) < 4.78 is 0. The zero-order chi connectivity index (χ0) is 16.4. The zero-order valence-electron chi connectivity index (χ0n) is 13.8. The first-order valence-corrected chi connectivity index (χ1v) is 9.05. The summed E-state index contributed by atoms with van der Waals surface area (Å²) in [5, 5.41) is 1.95. The third-order valence-electron chi connectivity index (χ3n) is 4.68. The molecular weight excluding hydrogens is 304 g/mol. The van der Waals surface area contributed by atoms with Gasteiger partial charge in [0.2, 0.25) is 0 Å². The highest BCUT2D eigenvalue weighted by Gasteiger charge is 2.29. The number of aryl methyl sites for hydroxylation is 2. The first-order chi connectivity index (χ1) is 11.0. The van der Waals surface area contributed by atoms with Crippen LogP contribution in [0.15, 0.2) is 35.7 Å². The Bertz CT molecular complexity index is 681. The van der Waals surface area contributed by atoms with Gasteiger partial charge in [-0.2, -0.15) is 0 Å². The average Bonchev–Trinajstić information content (AvgIpc) is 3.04. The van der Waals surface area contributed by atoms with Gasteiger partial charge in [0.15, 0.2) is 0 Å². The summed E-state index contributed by atoms with van der Waals surface area (Å²) in [5.74, 6) is 0.560. The van der Waals surface area contributed by atoms with Gasteiger partial charge in [-0.05, 0) is 60.7 Å². The van der Waals surface area contributed by atoms with Gasteiger partial charge in [0.05, 0.1) is 4.88 Å². The second kappa shape index (κ2) is 6.85. The van der Waals surface area contributed by atoms with Crippen molar-refractivity contribution >= 4 is 17.2 Å². The second-order valence-electron chi connectivity index (χ2n) is 6.67. The lowest BCUT2D eigenvalue weighted by Gasteiger charge is -2.36. The standard InChI is InChI=1S/C19H24N2OS/c1-13-5-6-15(8-14(13)2)9-16-10-17(20)12-21(11-16)19(22)18-4-3-7-23-18/h3-8,16-17H,9-12,20H2,1-2H3. The number of amides is 1. The molecule has 2 N–H and O–H groups in total. The maximum atomic E-state index is 12.6. The van der Waals surface area contributed by atoms with Crippen LogP contribution in [0.3, 0.4) is 0 Å². The van der Waals surface area contributed by atoms with E-state index in [4.69, 9.17) is 5.73 Å². The molecule has 0 radical (unpaired) electrons. The maximum absolute atomic E-state index is 12.6. The molecule has 1 aliphatic rings. The van der Waals surface area contributed by atoms with Crippen molar-refractivity contribution in [1.29, 1.82) is 0 Å². The van der Waals surface area contributed by atoms with E-state index in [0.717, 1.165) is 24.3 Å². The SMILES string of the molecule is Cc1ccc(CC2CC(N)CN(C(=O)c3cccs3)C2)cc1C. The van der Waals surface area contributed by atoms with Crippen molar-refractivity contribution in [1.82, 2.24) is 4.90 Å². The van der Waals surface area contributed by atoms with Crippen LogP contribution in [0.2, 0.25) is 0 Å². The van der Waals surface area contributed by atoms with E-state index in [0.29, 0.717) is 12.5 Å². The van der Waals surface area contributed by atoms with Gasteiger partial charge in [0.25, 0.3) is 5.91 Å². The Hall–Kier alpha value is -1.65. The summed E-state index contributed by atoms with van der Waals surface area (Å²) in [6.07, 6.45) is 1.98. The highest BCUT2D eigenvalue weighted by Crippen LogP contribution is 2.24. The number of hydrogen-bond acceptors (Lipinski definition) is 3. The van der Waals surface area contributed by atoms with E-state index in [1.165, 1.54) is 28.0 Å². The predicted octanol–water partition coefficient (Wildman–Crippen LogP) is 3.40. The number of carbonyl (C=O) groups excluding carboxylic acids is 1. The van der Waals surface area contributed by atoms with E-state index in [1.54, 1.807) is 0 Å². The topological polar surface area (TPSA) is 46.3 Å². The van der Waals surface area contributed by atoms with Gasteiger partial charge in [-0.3, -0.25) is 4.79 Å². The number of rotatable bonds is 3. The molecule has 2 heterocycles. The molecule has 1 aliphatic heterocycles. The summed E-state index contributed by atoms with van der Waals surface area (Å²) >= 11 is 1.50. The highest BCUT2D eigenvalue weighted by molar-refractivity contribution is 7.12. The molecule has 2 aromatic rings. The van der Waals surface area contributed by atoms with Crippen LogP contribution >= 0.6 is 11.3 Å². The van der Waals surface area contributed by atoms with Crippen molar-refractivity contribution in [2.75, 3.05) is 13.1 Å². The molecule has 0 spiro atoms. The first-order valence-electron chi connectivity index (χ1n) is 8.17. The van der Waals surface area contributed by atoms with Gasteiger partial charge in [-0.1, -0.05) is 24.3 Å². The number of nitrogens with zero attached hydrogens (tertiary/aromatic N) is 1. The molecular formula is C19H24N2OS. The number of benzene rings is 1. The van der Waals surface area contributed by atoms with Crippen molar-refractivity contribution in [3.8, 4) is 0 Å². The smallest absolute Gasteiger partial charge is 0.263 e. The Balaban J connectivity index is 1.70. The van der Waals surface area contributed by atoms with Gasteiger partial charge in [0.1, 0.15) is 0 Å². The number of likely N-dealkylation sites (tertiary alicyclic amines) is 1. The van der Waals surface area contributed by atoms with Gasteiger partial charge in [-0.15, -0.1) is 11.3 Å². The van der Waals surface area contributed by atoms with Gasteiger partial charge >= 0.3 is 0 Å².